The molecule has 0 saturated heterocycles. The number of carbonyl (C=O) groups is 1. The van der Waals surface area contributed by atoms with E-state index in [0.29, 0.717) is 34.1 Å². The summed E-state index contributed by atoms with van der Waals surface area (Å²) in [7, 11) is 0. The molecule has 9 heteroatoms. The molecular weight excluding hydrogens is 451 g/mol. The Bertz CT molecular complexity index is 1330. The van der Waals surface area contributed by atoms with Crippen molar-refractivity contribution >= 4 is 22.5 Å². The molecule has 0 fully saturated rings. The second-order valence-electron chi connectivity index (χ2n) is 7.58. The highest BCUT2D eigenvalue weighted by Crippen LogP contribution is 2.29. The van der Waals surface area contributed by atoms with E-state index in [1.807, 2.05) is 0 Å². The maximum Gasteiger partial charge on any atom is 0.416 e. The Labute approximate surface area is 192 Å². The lowest BCUT2D eigenvalue weighted by Gasteiger charge is -2.07. The fourth-order valence-electron chi connectivity index (χ4n) is 3.13. The highest BCUT2D eigenvalue weighted by molar-refractivity contribution is 5.99. The van der Waals surface area contributed by atoms with Gasteiger partial charge in [-0.05, 0) is 67.9 Å². The minimum atomic E-state index is -4.38. The minimum Gasteiger partial charge on any atom is -0.485 e. The molecular formula is C25H20F3NO5. The molecule has 0 amide bonds. The van der Waals surface area contributed by atoms with Gasteiger partial charge >= 0.3 is 6.18 Å². The van der Waals surface area contributed by atoms with Gasteiger partial charge in [-0.25, -0.2) is 0 Å². The molecule has 0 bridgehead atoms. The van der Waals surface area contributed by atoms with Crippen LogP contribution in [0.15, 0.2) is 74.7 Å². The number of hydrogen-bond donors (Lipinski definition) is 0. The van der Waals surface area contributed by atoms with Crippen molar-refractivity contribution in [2.75, 3.05) is 6.61 Å². The number of benzene rings is 2. The molecule has 2 aromatic carbocycles. The number of aryl methyl sites for hydroxylation is 1. The molecule has 176 valence electrons. The van der Waals surface area contributed by atoms with Crippen LogP contribution in [-0.4, -0.2) is 18.1 Å². The maximum atomic E-state index is 12.6. The van der Waals surface area contributed by atoms with Gasteiger partial charge in [-0.15, -0.1) is 0 Å². The van der Waals surface area contributed by atoms with Crippen LogP contribution in [0.3, 0.4) is 0 Å². The van der Waals surface area contributed by atoms with Crippen LogP contribution in [0.4, 0.5) is 13.2 Å². The molecule has 0 spiro atoms. The minimum absolute atomic E-state index is 0.0108. The quantitative estimate of drug-likeness (QED) is 0.165. The molecule has 6 nitrogen and oxygen atoms in total. The fourth-order valence-corrected chi connectivity index (χ4v) is 3.13. The number of alkyl halides is 3. The van der Waals surface area contributed by atoms with Crippen molar-refractivity contribution in [2.24, 2.45) is 5.16 Å². The predicted molar refractivity (Wildman–Crippen MR) is 118 cm³/mol. The molecule has 0 atom stereocenters. The number of ether oxygens (including phenoxy) is 1. The molecule has 0 aliphatic carbocycles. The van der Waals surface area contributed by atoms with Gasteiger partial charge in [0.05, 0.1) is 5.56 Å². The Hall–Kier alpha value is -4.01. The third-order valence-corrected chi connectivity index (χ3v) is 4.94. The van der Waals surface area contributed by atoms with Crippen LogP contribution in [-0.2, 0) is 17.6 Å². The molecule has 0 aliphatic heterocycles. The average molecular weight is 471 g/mol. The number of halogens is 3. The van der Waals surface area contributed by atoms with Gasteiger partial charge in [0.25, 0.3) is 0 Å². The van der Waals surface area contributed by atoms with Crippen LogP contribution in [0.2, 0.25) is 0 Å². The number of furan rings is 2. The zero-order valence-corrected chi connectivity index (χ0v) is 18.3. The van der Waals surface area contributed by atoms with E-state index in [1.165, 1.54) is 12.1 Å². The third kappa shape index (κ3) is 5.48. The zero-order valence-electron chi connectivity index (χ0n) is 18.3. The first-order chi connectivity index (χ1) is 16.2. The first-order valence-electron chi connectivity index (χ1n) is 10.3. The Morgan fingerprint density at radius 2 is 1.74 bits per heavy atom. The topological polar surface area (TPSA) is 74.2 Å². The van der Waals surface area contributed by atoms with Crippen molar-refractivity contribution in [3.05, 3.63) is 89.1 Å². The number of hydrogen-bond acceptors (Lipinski definition) is 6. The molecule has 0 aliphatic rings. The largest absolute Gasteiger partial charge is 0.485 e. The van der Waals surface area contributed by atoms with E-state index < -0.39 is 11.7 Å². The summed E-state index contributed by atoms with van der Waals surface area (Å²) in [4.78, 5) is 17.4. The lowest BCUT2D eigenvalue weighted by Crippen LogP contribution is -2.10. The number of carbonyl (C=O) groups excluding carboxylic acids is 1. The molecule has 0 saturated carbocycles. The third-order valence-electron chi connectivity index (χ3n) is 4.94. The van der Waals surface area contributed by atoms with Gasteiger partial charge in [-0.2, -0.15) is 13.2 Å². The summed E-state index contributed by atoms with van der Waals surface area (Å²) in [6.07, 6.45) is -4.38. The van der Waals surface area contributed by atoms with Crippen LogP contribution < -0.4 is 4.74 Å². The number of rotatable bonds is 8. The van der Waals surface area contributed by atoms with E-state index in [9.17, 15) is 18.0 Å². The summed E-state index contributed by atoms with van der Waals surface area (Å²) in [6.45, 7) is 3.29. The van der Waals surface area contributed by atoms with Crippen LogP contribution in [0.25, 0.3) is 11.0 Å². The lowest BCUT2D eigenvalue weighted by atomic mass is 10.1. The molecule has 4 aromatic rings. The molecule has 0 N–H and O–H groups in total. The Morgan fingerprint density at radius 1 is 0.971 bits per heavy atom. The summed E-state index contributed by atoms with van der Waals surface area (Å²) in [5.74, 6) is 1.57. The SMILES string of the molecule is C/C(=N\OCc1ccc(C(F)(F)F)cc1)c1cc2cc(OCC(=O)c3ccc(C)o3)ccc2o1. The van der Waals surface area contributed by atoms with E-state index in [4.69, 9.17) is 18.4 Å². The monoisotopic (exact) mass is 471 g/mol. The number of ketones is 1. The van der Waals surface area contributed by atoms with Crippen molar-refractivity contribution < 1.29 is 36.4 Å². The van der Waals surface area contributed by atoms with Crippen molar-refractivity contribution in [1.82, 2.24) is 0 Å². The van der Waals surface area contributed by atoms with Crippen LogP contribution in [0.1, 0.15) is 40.1 Å². The zero-order chi connectivity index (χ0) is 24.3. The second kappa shape index (κ2) is 9.46. The predicted octanol–water partition coefficient (Wildman–Crippen LogP) is 6.56. The number of oxime groups is 1. The van der Waals surface area contributed by atoms with Crippen LogP contribution >= 0.6 is 0 Å². The fraction of sp³-hybridized carbons (Fsp3) is 0.200. The standard InChI is InChI=1S/C25H20F3NO5/c1-15-3-9-23(33-15)21(30)14-31-20-8-10-22-18(11-20)12-24(34-22)16(2)29-32-13-17-4-6-19(7-5-17)25(26,27)28/h3-12H,13-14H2,1-2H3/b29-16+. The van der Waals surface area contributed by atoms with Gasteiger partial charge in [0.15, 0.2) is 18.1 Å². The second-order valence-corrected chi connectivity index (χ2v) is 7.58. The number of Topliss-reactive ketones (excluding diaryl/α,β-unsaturated/α-hetero) is 1. The highest BCUT2D eigenvalue weighted by atomic mass is 19.4. The van der Waals surface area contributed by atoms with Gasteiger partial charge in [-0.1, -0.05) is 17.3 Å². The number of fused-ring (bicyclic) bond motifs is 1. The first kappa shape index (κ1) is 23.2. The Morgan fingerprint density at radius 3 is 2.41 bits per heavy atom. The normalized spacial score (nSPS) is 12.2. The highest BCUT2D eigenvalue weighted by Gasteiger charge is 2.29. The van der Waals surface area contributed by atoms with E-state index in [-0.39, 0.29) is 24.8 Å². The van der Waals surface area contributed by atoms with Crippen molar-refractivity contribution in [2.45, 2.75) is 26.6 Å². The van der Waals surface area contributed by atoms with E-state index in [1.54, 1.807) is 50.2 Å². The number of nitrogens with zero attached hydrogens (tertiary/aromatic N) is 1. The summed E-state index contributed by atoms with van der Waals surface area (Å²) < 4.78 is 54.6. The van der Waals surface area contributed by atoms with Crippen molar-refractivity contribution in [1.29, 1.82) is 0 Å². The van der Waals surface area contributed by atoms with Gasteiger partial charge < -0.3 is 18.4 Å². The first-order valence-corrected chi connectivity index (χ1v) is 10.3. The van der Waals surface area contributed by atoms with Gasteiger partial charge in [-0.3, -0.25) is 4.79 Å². The van der Waals surface area contributed by atoms with Crippen molar-refractivity contribution in [3.8, 4) is 5.75 Å². The van der Waals surface area contributed by atoms with Gasteiger partial charge in [0, 0.05) is 5.39 Å². The average Bonchev–Trinajstić information content (AvgIpc) is 3.43. The lowest BCUT2D eigenvalue weighted by molar-refractivity contribution is -0.137. The molecule has 2 aromatic heterocycles. The van der Waals surface area contributed by atoms with Gasteiger partial charge in [0.1, 0.15) is 29.4 Å². The smallest absolute Gasteiger partial charge is 0.416 e. The van der Waals surface area contributed by atoms with Crippen LogP contribution in [0.5, 0.6) is 5.75 Å². The molecule has 2 heterocycles. The summed E-state index contributed by atoms with van der Waals surface area (Å²) in [5.41, 5.74) is 0.874. The summed E-state index contributed by atoms with van der Waals surface area (Å²) in [6, 6.07) is 14.9. The molecule has 0 radical (unpaired) electrons. The van der Waals surface area contributed by atoms with E-state index in [2.05, 4.69) is 5.16 Å². The summed E-state index contributed by atoms with van der Waals surface area (Å²) in [5, 5.41) is 4.73. The van der Waals surface area contributed by atoms with E-state index >= 15 is 0 Å². The van der Waals surface area contributed by atoms with E-state index in [0.717, 1.165) is 17.5 Å². The maximum absolute atomic E-state index is 12.6. The van der Waals surface area contributed by atoms with Crippen LogP contribution in [0, 0.1) is 6.92 Å². The van der Waals surface area contributed by atoms with Gasteiger partial charge in [0.2, 0.25) is 5.78 Å². The molecule has 0 unspecified atom stereocenters. The Kier molecular flexibility index (Phi) is 6.45. The molecule has 4 rings (SSSR count). The summed E-state index contributed by atoms with van der Waals surface area (Å²) >= 11 is 0. The van der Waals surface area contributed by atoms with Crippen molar-refractivity contribution in [3.63, 3.8) is 0 Å². The molecule has 34 heavy (non-hydrogen) atoms. The Balaban J connectivity index is 1.37.